The second-order valence-electron chi connectivity index (χ2n) is 15.3. The minimum Gasteiger partial charge on any atom is -0.385 e. The Morgan fingerprint density at radius 1 is 0.909 bits per heavy atom. The standard InChI is InChI=1S/C41H44N10O4/c1-48-37-30(23-44-48)22-43-40(47-37)45-35-10-4-28(21-42-35)27-12-16-50(17-13-27)32-6-2-26(3-7-32)24-49-18-14-41(55,15-19-49)31-5-8-33-29(20-31)25-51(39(33)54)34-9-11-36(52)46-38(34)53/h2-8,10,20-23,27,34,55H,9,11-19,24-25H2,1H3,(H,46,52,53)(H,42,43,45,47). The molecular formula is C41H44N10O4. The molecule has 0 saturated carbocycles. The number of likely N-dealkylation sites (tertiary alicyclic amines) is 1. The Bertz CT molecular complexity index is 2260. The van der Waals surface area contributed by atoms with Crippen molar-refractivity contribution in [3.8, 4) is 0 Å². The zero-order valence-electron chi connectivity index (χ0n) is 30.8. The van der Waals surface area contributed by atoms with E-state index in [0.29, 0.717) is 49.1 Å². The van der Waals surface area contributed by atoms with Crippen molar-refractivity contribution in [3.05, 3.63) is 101 Å². The van der Waals surface area contributed by atoms with Crippen molar-refractivity contribution < 1.29 is 19.5 Å². The molecule has 3 N–H and O–H groups in total. The number of nitrogens with zero attached hydrogens (tertiary/aromatic N) is 8. The van der Waals surface area contributed by atoms with E-state index in [4.69, 9.17) is 0 Å². The number of benzene rings is 2. The Morgan fingerprint density at radius 3 is 2.45 bits per heavy atom. The first-order valence-electron chi connectivity index (χ1n) is 19.1. The molecule has 3 saturated heterocycles. The quantitative estimate of drug-likeness (QED) is 0.196. The van der Waals surface area contributed by atoms with E-state index in [9.17, 15) is 19.5 Å². The summed E-state index contributed by atoms with van der Waals surface area (Å²) in [4.78, 5) is 57.2. The number of imide groups is 1. The molecule has 1 unspecified atom stereocenters. The van der Waals surface area contributed by atoms with Gasteiger partial charge >= 0.3 is 0 Å². The molecule has 282 valence electrons. The van der Waals surface area contributed by atoms with Crippen LogP contribution in [-0.2, 0) is 35.3 Å². The summed E-state index contributed by atoms with van der Waals surface area (Å²) in [5.74, 6) is 0.745. The smallest absolute Gasteiger partial charge is 0.255 e. The summed E-state index contributed by atoms with van der Waals surface area (Å²) >= 11 is 0. The molecule has 4 aliphatic rings. The number of aromatic nitrogens is 5. The number of amides is 3. The van der Waals surface area contributed by atoms with Gasteiger partial charge in [0.2, 0.25) is 17.8 Å². The fourth-order valence-corrected chi connectivity index (χ4v) is 8.61. The summed E-state index contributed by atoms with van der Waals surface area (Å²) in [6, 6.07) is 18.0. The van der Waals surface area contributed by atoms with Crippen molar-refractivity contribution in [2.24, 2.45) is 7.05 Å². The zero-order valence-corrected chi connectivity index (χ0v) is 30.8. The van der Waals surface area contributed by atoms with Crippen LogP contribution in [0.1, 0.15) is 77.1 Å². The number of aliphatic hydroxyl groups is 1. The van der Waals surface area contributed by atoms with Crippen LogP contribution in [0.5, 0.6) is 0 Å². The number of hydrogen-bond acceptors (Lipinski definition) is 11. The first-order chi connectivity index (χ1) is 26.7. The molecule has 0 radical (unpaired) electrons. The van der Waals surface area contributed by atoms with Gasteiger partial charge in [0.05, 0.1) is 17.2 Å². The van der Waals surface area contributed by atoms with Crippen LogP contribution in [0.3, 0.4) is 0 Å². The van der Waals surface area contributed by atoms with Crippen molar-refractivity contribution >= 4 is 46.2 Å². The summed E-state index contributed by atoms with van der Waals surface area (Å²) < 4.78 is 1.73. The molecule has 3 fully saturated rings. The Balaban J connectivity index is 0.748. The first kappa shape index (κ1) is 35.0. The second kappa shape index (κ2) is 14.2. The number of piperidine rings is 3. The van der Waals surface area contributed by atoms with Crippen molar-refractivity contribution in [1.29, 1.82) is 0 Å². The van der Waals surface area contributed by atoms with Gasteiger partial charge in [0.1, 0.15) is 11.9 Å². The molecule has 2 aromatic carbocycles. The number of hydrogen-bond donors (Lipinski definition) is 3. The molecule has 5 aromatic rings. The van der Waals surface area contributed by atoms with E-state index in [0.717, 1.165) is 67.7 Å². The fraction of sp³-hybridized carbons (Fsp3) is 0.390. The largest absolute Gasteiger partial charge is 0.385 e. The maximum atomic E-state index is 13.1. The highest BCUT2D eigenvalue weighted by Gasteiger charge is 2.41. The minimum absolute atomic E-state index is 0.200. The number of rotatable bonds is 8. The number of fused-ring (bicyclic) bond motifs is 2. The molecule has 14 nitrogen and oxygen atoms in total. The van der Waals surface area contributed by atoms with Crippen molar-refractivity contribution in [1.82, 2.24) is 39.8 Å². The molecule has 3 aromatic heterocycles. The molecule has 0 spiro atoms. The van der Waals surface area contributed by atoms with Gasteiger partial charge in [0, 0.05) is 76.4 Å². The van der Waals surface area contributed by atoms with Crippen LogP contribution in [0.4, 0.5) is 17.5 Å². The molecule has 9 rings (SSSR count). The third-order valence-corrected chi connectivity index (χ3v) is 11.9. The van der Waals surface area contributed by atoms with Gasteiger partial charge in [-0.05, 0) is 84.5 Å². The van der Waals surface area contributed by atoms with Crippen LogP contribution in [0, 0.1) is 0 Å². The lowest BCUT2D eigenvalue weighted by atomic mass is 9.83. The van der Waals surface area contributed by atoms with Gasteiger partial charge in [0.15, 0.2) is 5.65 Å². The van der Waals surface area contributed by atoms with E-state index >= 15 is 0 Å². The van der Waals surface area contributed by atoms with Crippen LogP contribution in [0.15, 0.2) is 73.2 Å². The van der Waals surface area contributed by atoms with E-state index in [1.54, 1.807) is 28.0 Å². The number of carbonyl (C=O) groups is 3. The molecular weight excluding hydrogens is 697 g/mol. The summed E-state index contributed by atoms with van der Waals surface area (Å²) in [5, 5.41) is 22.4. The summed E-state index contributed by atoms with van der Waals surface area (Å²) in [6.07, 6.45) is 9.33. The lowest BCUT2D eigenvalue weighted by Gasteiger charge is -2.39. The summed E-state index contributed by atoms with van der Waals surface area (Å²) in [6.45, 7) is 4.60. The molecule has 14 heteroatoms. The lowest BCUT2D eigenvalue weighted by molar-refractivity contribution is -0.136. The Morgan fingerprint density at radius 2 is 1.71 bits per heavy atom. The molecule has 7 heterocycles. The highest BCUT2D eigenvalue weighted by atomic mass is 16.3. The number of nitrogens with one attached hydrogen (secondary N) is 2. The third-order valence-electron chi connectivity index (χ3n) is 11.9. The Kier molecular flexibility index (Phi) is 9.01. The van der Waals surface area contributed by atoms with E-state index < -0.39 is 17.6 Å². The average Bonchev–Trinajstić information content (AvgIpc) is 3.74. The average molecular weight is 741 g/mol. The van der Waals surface area contributed by atoms with Gasteiger partial charge in [0.25, 0.3) is 5.91 Å². The van der Waals surface area contributed by atoms with E-state index in [-0.39, 0.29) is 18.2 Å². The Labute approximate surface area is 318 Å². The lowest BCUT2D eigenvalue weighted by Crippen LogP contribution is -2.52. The van der Waals surface area contributed by atoms with Crippen LogP contribution in [0.25, 0.3) is 11.0 Å². The molecule has 3 amide bonds. The normalized spacial score (nSPS) is 20.5. The number of carbonyl (C=O) groups excluding carboxylic acids is 3. The second-order valence-corrected chi connectivity index (χ2v) is 15.3. The Hall–Kier alpha value is -5.73. The van der Waals surface area contributed by atoms with Crippen LogP contribution in [0.2, 0.25) is 0 Å². The highest BCUT2D eigenvalue weighted by Crippen LogP contribution is 2.37. The van der Waals surface area contributed by atoms with Gasteiger partial charge in [-0.1, -0.05) is 30.3 Å². The van der Waals surface area contributed by atoms with Crippen molar-refractivity contribution in [2.45, 2.75) is 69.2 Å². The molecule has 0 aliphatic carbocycles. The first-order valence-corrected chi connectivity index (χ1v) is 19.1. The highest BCUT2D eigenvalue weighted by molar-refractivity contribution is 6.05. The number of anilines is 3. The molecule has 1 atom stereocenters. The van der Waals surface area contributed by atoms with E-state index in [2.05, 4.69) is 70.8 Å². The van der Waals surface area contributed by atoms with Crippen molar-refractivity contribution in [3.63, 3.8) is 0 Å². The molecule has 4 aliphatic heterocycles. The minimum atomic E-state index is -0.980. The monoisotopic (exact) mass is 740 g/mol. The van der Waals surface area contributed by atoms with Gasteiger partial charge in [-0.15, -0.1) is 0 Å². The topological polar surface area (TPSA) is 162 Å². The number of aryl methyl sites for hydroxylation is 1. The predicted molar refractivity (Wildman–Crippen MR) is 205 cm³/mol. The maximum absolute atomic E-state index is 13.1. The van der Waals surface area contributed by atoms with Crippen LogP contribution < -0.4 is 15.5 Å². The summed E-state index contributed by atoms with van der Waals surface area (Å²) in [7, 11) is 1.86. The zero-order chi connectivity index (χ0) is 37.7. The predicted octanol–water partition coefficient (Wildman–Crippen LogP) is 4.13. The van der Waals surface area contributed by atoms with Gasteiger partial charge in [-0.2, -0.15) is 10.1 Å². The van der Waals surface area contributed by atoms with E-state index in [1.165, 1.54) is 16.8 Å². The van der Waals surface area contributed by atoms with Gasteiger partial charge in [-0.3, -0.25) is 29.3 Å². The van der Waals surface area contributed by atoms with Crippen LogP contribution in [-0.4, -0.2) is 89.6 Å². The third kappa shape index (κ3) is 6.91. The number of pyridine rings is 1. The SMILES string of the molecule is Cn1ncc2cnc(Nc3ccc(C4CCN(c5ccc(CN6CCC(O)(c7ccc8c(c7)CN(C7CCC(=O)NC7=O)C8=O)CC6)cc5)CC4)cn3)nc21. The molecule has 55 heavy (non-hydrogen) atoms. The van der Waals surface area contributed by atoms with E-state index in [1.807, 2.05) is 31.4 Å². The molecule has 0 bridgehead atoms. The van der Waals surface area contributed by atoms with Crippen molar-refractivity contribution in [2.75, 3.05) is 36.4 Å². The van der Waals surface area contributed by atoms with Crippen LogP contribution >= 0.6 is 0 Å². The maximum Gasteiger partial charge on any atom is 0.255 e. The summed E-state index contributed by atoms with van der Waals surface area (Å²) in [5.41, 5.74) is 5.72. The fourth-order valence-electron chi connectivity index (χ4n) is 8.61. The van der Waals surface area contributed by atoms with Gasteiger partial charge in [-0.25, -0.2) is 9.97 Å². The van der Waals surface area contributed by atoms with Gasteiger partial charge < -0.3 is 20.2 Å².